The van der Waals surface area contributed by atoms with Crippen molar-refractivity contribution in [3.8, 4) is 22.3 Å². The maximum Gasteiger partial charge on any atom is 0.268 e. The molecule has 3 aromatic carbocycles. The minimum absolute atomic E-state index is 0.0823. The molecule has 0 fully saturated rings. The predicted molar refractivity (Wildman–Crippen MR) is 134 cm³/mol. The first-order valence-corrected chi connectivity index (χ1v) is 11.5. The highest BCUT2D eigenvalue weighted by atomic mass is 32.1. The number of fused-ring (bicyclic) bond motifs is 1. The van der Waals surface area contributed by atoms with Crippen LogP contribution in [-0.4, -0.2) is 27.6 Å². The summed E-state index contributed by atoms with van der Waals surface area (Å²) in [7, 11) is 1.59. The van der Waals surface area contributed by atoms with E-state index in [0.717, 1.165) is 5.56 Å². The van der Waals surface area contributed by atoms with Crippen molar-refractivity contribution < 1.29 is 9.53 Å². The summed E-state index contributed by atoms with van der Waals surface area (Å²) >= 11 is 1.30. The first-order chi connectivity index (χ1) is 16.6. The highest BCUT2D eigenvalue weighted by Crippen LogP contribution is 2.24. The van der Waals surface area contributed by atoms with Crippen molar-refractivity contribution in [2.75, 3.05) is 12.4 Å². The van der Waals surface area contributed by atoms with Crippen LogP contribution >= 0.6 is 11.3 Å². The van der Waals surface area contributed by atoms with Gasteiger partial charge < -0.3 is 10.1 Å². The van der Waals surface area contributed by atoms with Crippen molar-refractivity contribution in [3.05, 3.63) is 100 Å². The maximum absolute atomic E-state index is 13.4. The van der Waals surface area contributed by atoms with Crippen molar-refractivity contribution >= 4 is 33.8 Å². The number of carbonyl (C=O) groups is 1. The van der Waals surface area contributed by atoms with E-state index in [0.29, 0.717) is 39.0 Å². The molecule has 5 rings (SSSR count). The summed E-state index contributed by atoms with van der Waals surface area (Å²) < 4.78 is 6.66. The summed E-state index contributed by atoms with van der Waals surface area (Å²) in [4.78, 5) is 35.4. The van der Waals surface area contributed by atoms with Gasteiger partial charge in [0.25, 0.3) is 5.56 Å². The van der Waals surface area contributed by atoms with Crippen LogP contribution in [0.5, 0.6) is 5.75 Å². The Morgan fingerprint density at radius 1 is 0.971 bits per heavy atom. The van der Waals surface area contributed by atoms with Crippen LogP contribution in [0.1, 0.15) is 5.69 Å². The number of anilines is 1. The normalized spacial score (nSPS) is 10.9. The van der Waals surface area contributed by atoms with Crippen molar-refractivity contribution in [2.24, 2.45) is 0 Å². The van der Waals surface area contributed by atoms with Gasteiger partial charge in [-0.05, 0) is 36.4 Å². The number of hydrogen-bond acceptors (Lipinski definition) is 6. The third-order valence-corrected chi connectivity index (χ3v) is 6.13. The SMILES string of the molecule is COc1ccc(NC(=O)Cc2csc(-n3c(-c4ccccc4)nc4ccccc4c3=O)n2)cc1. The second kappa shape index (κ2) is 9.29. The molecule has 2 heterocycles. The van der Waals surface area contributed by atoms with Crippen molar-refractivity contribution in [3.63, 3.8) is 0 Å². The molecule has 0 saturated heterocycles. The number of ether oxygens (including phenoxy) is 1. The van der Waals surface area contributed by atoms with E-state index >= 15 is 0 Å². The third-order valence-electron chi connectivity index (χ3n) is 5.25. The Balaban J connectivity index is 1.48. The molecule has 0 bridgehead atoms. The largest absolute Gasteiger partial charge is 0.497 e. The molecule has 0 radical (unpaired) electrons. The van der Waals surface area contributed by atoms with Crippen LogP contribution < -0.4 is 15.6 Å². The van der Waals surface area contributed by atoms with Gasteiger partial charge in [0.2, 0.25) is 5.91 Å². The van der Waals surface area contributed by atoms with Crippen LogP contribution in [0.15, 0.2) is 89.0 Å². The monoisotopic (exact) mass is 468 g/mol. The van der Waals surface area contributed by atoms with Gasteiger partial charge in [0.1, 0.15) is 11.6 Å². The van der Waals surface area contributed by atoms with Crippen LogP contribution in [0.3, 0.4) is 0 Å². The van der Waals surface area contributed by atoms with Crippen molar-refractivity contribution in [1.29, 1.82) is 0 Å². The van der Waals surface area contributed by atoms with Gasteiger partial charge in [0.05, 0.1) is 30.1 Å². The second-order valence-electron chi connectivity index (χ2n) is 7.53. The summed E-state index contributed by atoms with van der Waals surface area (Å²) in [5, 5.41) is 5.62. The number of rotatable bonds is 6. The average molecular weight is 469 g/mol. The fourth-order valence-electron chi connectivity index (χ4n) is 3.62. The highest BCUT2D eigenvalue weighted by molar-refractivity contribution is 7.12. The van der Waals surface area contributed by atoms with Crippen LogP contribution in [0, 0.1) is 0 Å². The molecule has 0 aliphatic heterocycles. The topological polar surface area (TPSA) is 86.1 Å². The van der Waals surface area contributed by atoms with E-state index in [9.17, 15) is 9.59 Å². The molecule has 8 heteroatoms. The lowest BCUT2D eigenvalue weighted by Gasteiger charge is -2.11. The van der Waals surface area contributed by atoms with E-state index in [1.165, 1.54) is 15.9 Å². The molecule has 1 amide bonds. The lowest BCUT2D eigenvalue weighted by Crippen LogP contribution is -2.22. The van der Waals surface area contributed by atoms with E-state index in [-0.39, 0.29) is 17.9 Å². The van der Waals surface area contributed by atoms with Crippen molar-refractivity contribution in [1.82, 2.24) is 14.5 Å². The van der Waals surface area contributed by atoms with E-state index < -0.39 is 0 Å². The zero-order valence-electron chi connectivity index (χ0n) is 18.3. The van der Waals surface area contributed by atoms with E-state index in [4.69, 9.17) is 9.72 Å². The van der Waals surface area contributed by atoms with Gasteiger partial charge in [-0.25, -0.2) is 14.5 Å². The zero-order chi connectivity index (χ0) is 23.5. The third kappa shape index (κ3) is 4.31. The van der Waals surface area contributed by atoms with Gasteiger partial charge in [-0.3, -0.25) is 9.59 Å². The number of amides is 1. The Labute approximate surface area is 199 Å². The summed E-state index contributed by atoms with van der Waals surface area (Å²) in [6.45, 7) is 0. The molecule has 0 aliphatic carbocycles. The zero-order valence-corrected chi connectivity index (χ0v) is 19.1. The number of nitrogens with one attached hydrogen (secondary N) is 1. The molecule has 0 aliphatic rings. The summed E-state index contributed by atoms with van der Waals surface area (Å²) in [6, 6.07) is 23.9. The van der Waals surface area contributed by atoms with Crippen LogP contribution in [-0.2, 0) is 11.2 Å². The Morgan fingerprint density at radius 2 is 1.71 bits per heavy atom. The van der Waals surface area contributed by atoms with Gasteiger partial charge in [-0.1, -0.05) is 42.5 Å². The standard InChI is InChI=1S/C26H20N4O3S/c1-33-20-13-11-18(12-14-20)27-23(31)15-19-16-34-26(28-19)30-24(17-7-3-2-4-8-17)29-22-10-6-5-9-21(22)25(30)32/h2-14,16H,15H2,1H3,(H,27,31). The fourth-order valence-corrected chi connectivity index (χ4v) is 4.44. The molecule has 0 spiro atoms. The number of aromatic nitrogens is 3. The van der Waals surface area contributed by atoms with Crippen LogP contribution in [0.4, 0.5) is 5.69 Å². The number of hydrogen-bond donors (Lipinski definition) is 1. The van der Waals surface area contributed by atoms with Gasteiger partial charge in [-0.2, -0.15) is 0 Å². The number of benzene rings is 3. The van der Waals surface area contributed by atoms with Gasteiger partial charge in [0, 0.05) is 16.6 Å². The molecular formula is C26H20N4O3S. The Morgan fingerprint density at radius 3 is 2.47 bits per heavy atom. The molecule has 0 saturated carbocycles. The number of nitrogens with zero attached hydrogens (tertiary/aromatic N) is 3. The number of thiazole rings is 1. The average Bonchev–Trinajstić information content (AvgIpc) is 3.32. The van der Waals surface area contributed by atoms with E-state index in [1.807, 2.05) is 48.5 Å². The van der Waals surface area contributed by atoms with Crippen LogP contribution in [0.25, 0.3) is 27.4 Å². The number of carbonyl (C=O) groups excluding carboxylic acids is 1. The summed E-state index contributed by atoms with van der Waals surface area (Å²) in [6.07, 6.45) is 0.0823. The Bertz CT molecular complexity index is 1530. The van der Waals surface area contributed by atoms with Gasteiger partial charge in [0.15, 0.2) is 5.13 Å². The maximum atomic E-state index is 13.4. The number of methoxy groups -OCH3 is 1. The minimum Gasteiger partial charge on any atom is -0.497 e. The second-order valence-corrected chi connectivity index (χ2v) is 8.37. The lowest BCUT2D eigenvalue weighted by atomic mass is 10.2. The molecule has 5 aromatic rings. The highest BCUT2D eigenvalue weighted by Gasteiger charge is 2.17. The van der Waals surface area contributed by atoms with E-state index in [2.05, 4.69) is 10.3 Å². The molecule has 0 atom stereocenters. The molecule has 7 nitrogen and oxygen atoms in total. The van der Waals surface area contributed by atoms with Gasteiger partial charge >= 0.3 is 0 Å². The lowest BCUT2D eigenvalue weighted by molar-refractivity contribution is -0.115. The molecule has 0 unspecified atom stereocenters. The Hall–Kier alpha value is -4.30. The first-order valence-electron chi connectivity index (χ1n) is 10.6. The van der Waals surface area contributed by atoms with Gasteiger partial charge in [-0.15, -0.1) is 11.3 Å². The van der Waals surface area contributed by atoms with Crippen LogP contribution in [0.2, 0.25) is 0 Å². The smallest absolute Gasteiger partial charge is 0.268 e. The van der Waals surface area contributed by atoms with Crippen molar-refractivity contribution in [2.45, 2.75) is 6.42 Å². The molecule has 1 N–H and O–H groups in total. The predicted octanol–water partition coefficient (Wildman–Crippen LogP) is 4.70. The summed E-state index contributed by atoms with van der Waals surface area (Å²) in [5.74, 6) is 1.02. The molecule has 168 valence electrons. The Kier molecular flexibility index (Phi) is 5.88. The molecular weight excluding hydrogens is 448 g/mol. The quantitative estimate of drug-likeness (QED) is 0.390. The summed E-state index contributed by atoms with van der Waals surface area (Å²) in [5.41, 5.74) is 2.47. The van der Waals surface area contributed by atoms with E-state index in [1.54, 1.807) is 42.8 Å². The first kappa shape index (κ1) is 21.5. The molecule has 34 heavy (non-hydrogen) atoms. The molecule has 2 aromatic heterocycles. The fraction of sp³-hybridized carbons (Fsp3) is 0.0769. The minimum atomic E-state index is -0.201. The number of para-hydroxylation sites is 1.